The Kier molecular flexibility index (Phi) is 9.66. The molecule has 0 atom stereocenters. The lowest BCUT2D eigenvalue weighted by molar-refractivity contribution is 0.425. The van der Waals surface area contributed by atoms with Gasteiger partial charge in [0.05, 0.1) is 0 Å². The molecule has 71 heavy (non-hydrogen) atoms. The minimum absolute atomic E-state index is 0.172. The first-order valence-corrected chi connectivity index (χ1v) is 24.1. The molecule has 0 radical (unpaired) electrons. The van der Waals surface area contributed by atoms with Crippen molar-refractivity contribution >= 4 is 56.5 Å². The molecular formula is C63H46BN3O4. The number of rotatable bonds is 5. The summed E-state index contributed by atoms with van der Waals surface area (Å²) in [6.45, 7) is 8.96. The van der Waals surface area contributed by atoms with Gasteiger partial charge in [-0.2, -0.15) is 0 Å². The SMILES string of the molecule is CC1(C)c2cc(-c3cccc(-c4nc(-c5ccccc5)nc(-c5ccccc5)n4)c3)ccc2-c2c1ccc1c2oc2ccccc21.CC1(C)c2cc(B(O)O)ccc2-c2c1ccc1c2oc2ccccc21. The summed E-state index contributed by atoms with van der Waals surface area (Å²) in [6.07, 6.45) is 0. The number of hydrogen-bond acceptors (Lipinski definition) is 7. The van der Waals surface area contributed by atoms with Gasteiger partial charge in [0.25, 0.3) is 0 Å². The summed E-state index contributed by atoms with van der Waals surface area (Å²) < 4.78 is 12.7. The molecule has 0 amide bonds. The molecule has 0 aliphatic heterocycles. The van der Waals surface area contributed by atoms with Gasteiger partial charge in [-0.05, 0) is 74.2 Å². The fourth-order valence-electron chi connectivity index (χ4n) is 11.1. The van der Waals surface area contributed by atoms with E-state index in [1.807, 2.05) is 97.1 Å². The minimum Gasteiger partial charge on any atom is -0.455 e. The summed E-state index contributed by atoms with van der Waals surface area (Å²) in [7, 11) is -1.46. The molecule has 2 aliphatic carbocycles. The lowest BCUT2D eigenvalue weighted by atomic mass is 9.75. The van der Waals surface area contributed by atoms with Crippen LogP contribution in [0.5, 0.6) is 0 Å². The zero-order chi connectivity index (χ0) is 48.2. The Labute approximate surface area is 410 Å². The first-order valence-electron chi connectivity index (χ1n) is 24.1. The van der Waals surface area contributed by atoms with Crippen molar-refractivity contribution < 1.29 is 18.9 Å². The Morgan fingerprint density at radius 1 is 0.366 bits per heavy atom. The third-order valence-corrected chi connectivity index (χ3v) is 14.8. The summed E-state index contributed by atoms with van der Waals surface area (Å²) >= 11 is 0. The van der Waals surface area contributed by atoms with Gasteiger partial charge in [-0.25, -0.2) is 15.0 Å². The van der Waals surface area contributed by atoms with E-state index in [1.54, 1.807) is 6.07 Å². The zero-order valence-electron chi connectivity index (χ0n) is 39.6. The van der Waals surface area contributed by atoms with E-state index in [4.69, 9.17) is 23.8 Å². The van der Waals surface area contributed by atoms with Crippen LogP contribution in [-0.4, -0.2) is 32.1 Å². The van der Waals surface area contributed by atoms with Gasteiger partial charge in [-0.15, -0.1) is 0 Å². The van der Waals surface area contributed by atoms with Crippen LogP contribution < -0.4 is 5.46 Å². The highest BCUT2D eigenvalue weighted by molar-refractivity contribution is 6.58. The first kappa shape index (κ1) is 42.7. The molecule has 0 unspecified atom stereocenters. The fraction of sp³-hybridized carbons (Fsp3) is 0.0952. The molecule has 12 aromatic rings. The van der Waals surface area contributed by atoms with Crippen LogP contribution in [0.1, 0.15) is 49.9 Å². The highest BCUT2D eigenvalue weighted by atomic mass is 16.4. The molecule has 2 N–H and O–H groups in total. The van der Waals surface area contributed by atoms with E-state index in [0.717, 1.165) is 88.4 Å². The van der Waals surface area contributed by atoms with E-state index in [-0.39, 0.29) is 10.8 Å². The molecule has 0 saturated heterocycles. The Morgan fingerprint density at radius 2 is 0.803 bits per heavy atom. The van der Waals surface area contributed by atoms with Gasteiger partial charge in [0.2, 0.25) is 0 Å². The summed E-state index contributed by atoms with van der Waals surface area (Å²) in [6, 6.07) is 66.4. The van der Waals surface area contributed by atoms with Crippen molar-refractivity contribution in [3.63, 3.8) is 0 Å². The molecule has 3 heterocycles. The molecule has 0 spiro atoms. The van der Waals surface area contributed by atoms with Crippen molar-refractivity contribution in [2.24, 2.45) is 0 Å². The highest BCUT2D eigenvalue weighted by Gasteiger charge is 2.39. The Hall–Kier alpha value is -8.43. The molecule has 0 saturated carbocycles. The van der Waals surface area contributed by atoms with Crippen molar-refractivity contribution in [1.82, 2.24) is 15.0 Å². The van der Waals surface area contributed by atoms with E-state index >= 15 is 0 Å². The van der Waals surface area contributed by atoms with Crippen LogP contribution in [0.25, 0.3) is 111 Å². The second-order valence-electron chi connectivity index (χ2n) is 19.7. The molecule has 3 aromatic heterocycles. The van der Waals surface area contributed by atoms with Gasteiger partial charge in [-0.3, -0.25) is 0 Å². The smallest absolute Gasteiger partial charge is 0.455 e. The number of hydrogen-bond donors (Lipinski definition) is 2. The van der Waals surface area contributed by atoms with Gasteiger partial charge in [0, 0.05) is 60.2 Å². The summed E-state index contributed by atoms with van der Waals surface area (Å²) in [5, 5.41) is 23.6. The molecule has 2 aliphatic rings. The lowest BCUT2D eigenvalue weighted by Crippen LogP contribution is -2.31. The average molecular weight is 920 g/mol. The second-order valence-corrected chi connectivity index (χ2v) is 19.7. The van der Waals surface area contributed by atoms with Crippen LogP contribution in [0.2, 0.25) is 0 Å². The largest absolute Gasteiger partial charge is 0.488 e. The molecule has 8 heteroatoms. The monoisotopic (exact) mass is 919 g/mol. The topological polar surface area (TPSA) is 105 Å². The molecule has 0 bridgehead atoms. The zero-order valence-corrected chi connectivity index (χ0v) is 39.6. The maximum atomic E-state index is 9.55. The van der Waals surface area contributed by atoms with Crippen molar-refractivity contribution in [2.45, 2.75) is 38.5 Å². The van der Waals surface area contributed by atoms with E-state index in [1.165, 1.54) is 27.8 Å². The number of benzene rings is 9. The number of para-hydroxylation sites is 2. The van der Waals surface area contributed by atoms with E-state index < -0.39 is 7.12 Å². The molecule has 7 nitrogen and oxygen atoms in total. The maximum Gasteiger partial charge on any atom is 0.488 e. The number of aromatic nitrogens is 3. The molecule has 14 rings (SSSR count). The predicted octanol–water partition coefficient (Wildman–Crippen LogP) is 14.3. The average Bonchev–Trinajstić information content (AvgIpc) is 4.11. The van der Waals surface area contributed by atoms with Crippen LogP contribution in [0, 0.1) is 0 Å². The van der Waals surface area contributed by atoms with Crippen LogP contribution in [-0.2, 0) is 10.8 Å². The highest BCUT2D eigenvalue weighted by Crippen LogP contribution is 2.54. The third-order valence-electron chi connectivity index (χ3n) is 14.8. The Bertz CT molecular complexity index is 4040. The van der Waals surface area contributed by atoms with Crippen molar-refractivity contribution in [3.8, 4) is 67.5 Å². The molecule has 340 valence electrons. The van der Waals surface area contributed by atoms with Gasteiger partial charge < -0.3 is 18.9 Å². The molecule has 9 aromatic carbocycles. The minimum atomic E-state index is -1.46. The maximum absolute atomic E-state index is 9.55. The fourth-order valence-corrected chi connectivity index (χ4v) is 11.1. The van der Waals surface area contributed by atoms with E-state index in [2.05, 4.69) is 119 Å². The van der Waals surface area contributed by atoms with Crippen molar-refractivity contribution in [1.29, 1.82) is 0 Å². The molecular weight excluding hydrogens is 874 g/mol. The van der Waals surface area contributed by atoms with Gasteiger partial charge in [0.15, 0.2) is 17.5 Å². The van der Waals surface area contributed by atoms with E-state index in [9.17, 15) is 10.0 Å². The van der Waals surface area contributed by atoms with Crippen LogP contribution in [0.4, 0.5) is 0 Å². The van der Waals surface area contributed by atoms with E-state index in [0.29, 0.717) is 22.9 Å². The summed E-state index contributed by atoms with van der Waals surface area (Å²) in [5.41, 5.74) is 18.5. The van der Waals surface area contributed by atoms with Gasteiger partial charge >= 0.3 is 7.12 Å². The molecule has 0 fully saturated rings. The van der Waals surface area contributed by atoms with Crippen molar-refractivity contribution in [3.05, 3.63) is 216 Å². The Balaban J connectivity index is 0.000000165. The number of nitrogens with zero attached hydrogens (tertiary/aromatic N) is 3. The standard InChI is InChI=1S/C42H29N3O.C21H17BO3/c1-42(2)34-23-22-32-31-18-9-10-19-36(31)46-38(32)37(34)33-21-20-29(25-35(33)42)28-16-11-17-30(24-28)41-44-39(26-12-5-3-6-13-26)43-40(45-41)27-14-7-4-8-15-27;1-21(2)16-10-9-14-13-5-3-4-6-18(13)25-20(14)19(16)15-8-7-12(22(23)24)11-17(15)21/h3-25H,1-2H3;3-11,23-24H,1-2H3. The second kappa shape index (κ2) is 16.1. The van der Waals surface area contributed by atoms with Crippen LogP contribution in [0.3, 0.4) is 0 Å². The van der Waals surface area contributed by atoms with Crippen LogP contribution >= 0.6 is 0 Å². The normalized spacial score (nSPS) is 13.7. The predicted molar refractivity (Wildman–Crippen MR) is 288 cm³/mol. The van der Waals surface area contributed by atoms with Crippen molar-refractivity contribution in [2.75, 3.05) is 0 Å². The summed E-state index contributed by atoms with van der Waals surface area (Å²) in [5.74, 6) is 1.96. The third kappa shape index (κ3) is 6.78. The Morgan fingerprint density at radius 3 is 1.34 bits per heavy atom. The quantitative estimate of drug-likeness (QED) is 0.166. The first-order chi connectivity index (χ1) is 34.5. The lowest BCUT2D eigenvalue weighted by Gasteiger charge is -2.22. The number of fused-ring (bicyclic) bond motifs is 14. The summed E-state index contributed by atoms with van der Waals surface area (Å²) in [4.78, 5) is 14.8. The number of furan rings is 2. The van der Waals surface area contributed by atoms with Gasteiger partial charge in [0.1, 0.15) is 22.3 Å². The van der Waals surface area contributed by atoms with Crippen LogP contribution in [0.15, 0.2) is 203 Å². The van der Waals surface area contributed by atoms with Gasteiger partial charge in [-0.1, -0.05) is 198 Å².